The highest BCUT2D eigenvalue weighted by Crippen LogP contribution is 2.29. The van der Waals surface area contributed by atoms with Crippen molar-refractivity contribution >= 4 is 27.5 Å². The maximum absolute atomic E-state index is 11.4. The monoisotopic (exact) mass is 311 g/mol. The van der Waals surface area contributed by atoms with Gasteiger partial charge in [-0.25, -0.2) is 0 Å². The normalized spacial score (nSPS) is 18.2. The summed E-state index contributed by atoms with van der Waals surface area (Å²) in [5.41, 5.74) is 8.25. The highest BCUT2D eigenvalue weighted by atomic mass is 79.9. The highest BCUT2D eigenvalue weighted by molar-refractivity contribution is 9.10. The van der Waals surface area contributed by atoms with Gasteiger partial charge in [0, 0.05) is 42.3 Å². The number of carbonyl (C=O) groups is 1. The summed E-state index contributed by atoms with van der Waals surface area (Å²) in [6, 6.07) is 6.11. The molecule has 0 radical (unpaired) electrons. The van der Waals surface area contributed by atoms with Crippen LogP contribution >= 0.6 is 15.9 Å². The summed E-state index contributed by atoms with van der Waals surface area (Å²) in [6.07, 6.45) is 0.533. The van der Waals surface area contributed by atoms with Gasteiger partial charge in [0.15, 0.2) is 0 Å². The van der Waals surface area contributed by atoms with Gasteiger partial charge in [-0.05, 0) is 24.6 Å². The van der Waals surface area contributed by atoms with Gasteiger partial charge in [0.05, 0.1) is 0 Å². The third-order valence-corrected chi connectivity index (χ3v) is 3.63. The molecule has 1 aromatic carbocycles. The lowest BCUT2D eigenvalue weighted by Gasteiger charge is -2.26. The standard InChI is InChI=1S/C13H18BrN3O/c1-9(15)11-3-2-10(14)8-12(11)17-6-4-13(18)16-5-7-17/h2-3,8-9H,4-7,15H2,1H3,(H,16,18). The van der Waals surface area contributed by atoms with Crippen LogP contribution in [0.5, 0.6) is 0 Å². The Kier molecular flexibility index (Phi) is 4.24. The van der Waals surface area contributed by atoms with Gasteiger partial charge in [0.1, 0.15) is 0 Å². The molecule has 1 atom stereocenters. The number of halogens is 1. The Morgan fingerprint density at radius 2 is 2.22 bits per heavy atom. The summed E-state index contributed by atoms with van der Waals surface area (Å²) in [7, 11) is 0. The number of hydrogen-bond donors (Lipinski definition) is 2. The molecule has 0 saturated carbocycles. The van der Waals surface area contributed by atoms with Crippen molar-refractivity contribution in [3.05, 3.63) is 28.2 Å². The Bertz CT molecular complexity index is 448. The minimum absolute atomic E-state index is 0.0139. The van der Waals surface area contributed by atoms with Crippen LogP contribution < -0.4 is 16.0 Å². The molecule has 5 heteroatoms. The fourth-order valence-corrected chi connectivity index (χ4v) is 2.53. The van der Waals surface area contributed by atoms with Crippen LogP contribution in [0.15, 0.2) is 22.7 Å². The number of nitrogens with one attached hydrogen (secondary N) is 1. The van der Waals surface area contributed by atoms with Crippen molar-refractivity contribution in [2.75, 3.05) is 24.5 Å². The second-order valence-corrected chi connectivity index (χ2v) is 5.49. The highest BCUT2D eigenvalue weighted by Gasteiger charge is 2.18. The van der Waals surface area contributed by atoms with E-state index < -0.39 is 0 Å². The third-order valence-electron chi connectivity index (χ3n) is 3.14. The molecule has 0 aromatic heterocycles. The van der Waals surface area contributed by atoms with E-state index in [1.54, 1.807) is 0 Å². The van der Waals surface area contributed by atoms with E-state index in [0.29, 0.717) is 13.0 Å². The molecule has 0 aliphatic carbocycles. The Morgan fingerprint density at radius 1 is 1.44 bits per heavy atom. The topological polar surface area (TPSA) is 58.4 Å². The molecule has 1 aliphatic heterocycles. The van der Waals surface area contributed by atoms with E-state index in [1.165, 1.54) is 0 Å². The van der Waals surface area contributed by atoms with Gasteiger partial charge >= 0.3 is 0 Å². The quantitative estimate of drug-likeness (QED) is 0.875. The van der Waals surface area contributed by atoms with Crippen molar-refractivity contribution < 1.29 is 4.79 Å². The molecule has 1 aromatic rings. The Morgan fingerprint density at radius 3 is 2.94 bits per heavy atom. The largest absolute Gasteiger partial charge is 0.369 e. The van der Waals surface area contributed by atoms with Crippen molar-refractivity contribution in [2.24, 2.45) is 5.73 Å². The molecule has 4 nitrogen and oxygen atoms in total. The minimum Gasteiger partial charge on any atom is -0.369 e. The first-order valence-electron chi connectivity index (χ1n) is 6.14. The summed E-state index contributed by atoms with van der Waals surface area (Å²) < 4.78 is 1.03. The van der Waals surface area contributed by atoms with Crippen molar-refractivity contribution in [3.63, 3.8) is 0 Å². The number of anilines is 1. The predicted molar refractivity (Wildman–Crippen MR) is 76.6 cm³/mol. The van der Waals surface area contributed by atoms with Crippen LogP contribution in [0.4, 0.5) is 5.69 Å². The first kappa shape index (κ1) is 13.4. The van der Waals surface area contributed by atoms with Crippen LogP contribution in [0.3, 0.4) is 0 Å². The number of nitrogens with zero attached hydrogens (tertiary/aromatic N) is 1. The molecule has 1 aliphatic rings. The molecule has 1 fully saturated rings. The lowest BCUT2D eigenvalue weighted by molar-refractivity contribution is -0.120. The fourth-order valence-electron chi connectivity index (χ4n) is 2.18. The van der Waals surface area contributed by atoms with Crippen LogP contribution in [0, 0.1) is 0 Å². The first-order chi connectivity index (χ1) is 8.58. The lowest BCUT2D eigenvalue weighted by Crippen LogP contribution is -2.29. The van der Waals surface area contributed by atoms with E-state index in [4.69, 9.17) is 5.73 Å². The van der Waals surface area contributed by atoms with Gasteiger partial charge in [0.2, 0.25) is 5.91 Å². The summed E-state index contributed by atoms with van der Waals surface area (Å²) >= 11 is 3.49. The molecule has 98 valence electrons. The fraction of sp³-hybridized carbons (Fsp3) is 0.462. The van der Waals surface area contributed by atoms with Crippen molar-refractivity contribution in [1.29, 1.82) is 0 Å². The van der Waals surface area contributed by atoms with Crippen LogP contribution in [0.25, 0.3) is 0 Å². The molecule has 18 heavy (non-hydrogen) atoms. The first-order valence-corrected chi connectivity index (χ1v) is 6.94. The molecular formula is C13H18BrN3O. The zero-order chi connectivity index (χ0) is 13.1. The van der Waals surface area contributed by atoms with E-state index in [1.807, 2.05) is 19.1 Å². The summed E-state index contributed by atoms with van der Waals surface area (Å²) in [5.74, 6) is 0.120. The zero-order valence-corrected chi connectivity index (χ0v) is 12.0. The summed E-state index contributed by atoms with van der Waals surface area (Å²) in [5, 5.41) is 2.88. The van der Waals surface area contributed by atoms with Gasteiger partial charge in [-0.3, -0.25) is 4.79 Å². The van der Waals surface area contributed by atoms with Gasteiger partial charge in [-0.15, -0.1) is 0 Å². The summed E-state index contributed by atoms with van der Waals surface area (Å²) in [4.78, 5) is 13.6. The molecule has 1 amide bonds. The maximum atomic E-state index is 11.4. The molecule has 0 spiro atoms. The molecule has 1 heterocycles. The van der Waals surface area contributed by atoms with Gasteiger partial charge in [-0.2, -0.15) is 0 Å². The van der Waals surface area contributed by atoms with E-state index >= 15 is 0 Å². The number of hydrogen-bond acceptors (Lipinski definition) is 3. The molecule has 3 N–H and O–H groups in total. The maximum Gasteiger partial charge on any atom is 0.221 e. The second kappa shape index (κ2) is 5.71. The molecular weight excluding hydrogens is 294 g/mol. The second-order valence-electron chi connectivity index (χ2n) is 4.58. The van der Waals surface area contributed by atoms with E-state index in [0.717, 1.165) is 28.8 Å². The lowest BCUT2D eigenvalue weighted by atomic mass is 10.1. The van der Waals surface area contributed by atoms with Gasteiger partial charge in [-0.1, -0.05) is 22.0 Å². The van der Waals surface area contributed by atoms with Crippen LogP contribution in [0.2, 0.25) is 0 Å². The Balaban J connectivity index is 2.30. The third kappa shape index (κ3) is 3.03. The van der Waals surface area contributed by atoms with E-state index in [9.17, 15) is 4.79 Å². The number of carbonyl (C=O) groups excluding carboxylic acids is 1. The van der Waals surface area contributed by atoms with E-state index in [2.05, 4.69) is 32.2 Å². The minimum atomic E-state index is -0.0139. The predicted octanol–water partition coefficient (Wildman–Crippen LogP) is 1.80. The Labute approximate surface area is 116 Å². The Hall–Kier alpha value is -1.07. The van der Waals surface area contributed by atoms with Gasteiger partial charge < -0.3 is 16.0 Å². The van der Waals surface area contributed by atoms with Gasteiger partial charge in [0.25, 0.3) is 0 Å². The molecule has 1 unspecified atom stereocenters. The van der Waals surface area contributed by atoms with Crippen molar-refractivity contribution in [2.45, 2.75) is 19.4 Å². The SMILES string of the molecule is CC(N)c1ccc(Br)cc1N1CCNC(=O)CC1. The molecule has 2 rings (SSSR count). The number of rotatable bonds is 2. The van der Waals surface area contributed by atoms with Crippen molar-refractivity contribution in [3.8, 4) is 0 Å². The molecule has 0 bridgehead atoms. The average Bonchev–Trinajstić information content (AvgIpc) is 2.53. The molecule has 1 saturated heterocycles. The number of nitrogens with two attached hydrogens (primary N) is 1. The smallest absolute Gasteiger partial charge is 0.221 e. The van der Waals surface area contributed by atoms with E-state index in [-0.39, 0.29) is 11.9 Å². The number of amides is 1. The zero-order valence-electron chi connectivity index (χ0n) is 10.4. The van der Waals surface area contributed by atoms with Crippen LogP contribution in [-0.4, -0.2) is 25.5 Å². The van der Waals surface area contributed by atoms with Crippen LogP contribution in [-0.2, 0) is 4.79 Å². The van der Waals surface area contributed by atoms with Crippen LogP contribution in [0.1, 0.15) is 24.9 Å². The summed E-state index contributed by atoms with van der Waals surface area (Å²) in [6.45, 7) is 4.22. The average molecular weight is 312 g/mol. The van der Waals surface area contributed by atoms with Crippen molar-refractivity contribution in [1.82, 2.24) is 5.32 Å². The number of benzene rings is 1.